The summed E-state index contributed by atoms with van der Waals surface area (Å²) in [4.78, 5) is 12.0. The van der Waals surface area contributed by atoms with Gasteiger partial charge in [-0.15, -0.1) is 0 Å². The molecule has 100 valence electrons. The largest absolute Gasteiger partial charge is 0.504 e. The number of methoxy groups -OCH3 is 1. The molecule has 4 nitrogen and oxygen atoms in total. The van der Waals surface area contributed by atoms with Crippen molar-refractivity contribution in [2.75, 3.05) is 7.11 Å². The summed E-state index contributed by atoms with van der Waals surface area (Å²) in [6, 6.07) is 6.49. The summed E-state index contributed by atoms with van der Waals surface area (Å²) in [7, 11) is 1.47. The van der Waals surface area contributed by atoms with Gasteiger partial charge in [0.05, 0.1) is 13.2 Å². The Morgan fingerprint density at radius 1 is 1.42 bits per heavy atom. The minimum atomic E-state index is -0.225. The molecular formula is C14H15NO3S. The van der Waals surface area contributed by atoms with Crippen LogP contribution in [0.4, 0.5) is 0 Å². The molecule has 1 amide bonds. The van der Waals surface area contributed by atoms with Crippen molar-refractivity contribution in [3.8, 4) is 11.5 Å². The Labute approximate surface area is 115 Å². The van der Waals surface area contributed by atoms with Crippen LogP contribution in [0.3, 0.4) is 0 Å². The van der Waals surface area contributed by atoms with Crippen molar-refractivity contribution in [1.29, 1.82) is 0 Å². The van der Waals surface area contributed by atoms with E-state index in [4.69, 9.17) is 4.74 Å². The number of hydrogen-bond donors (Lipinski definition) is 2. The lowest BCUT2D eigenvalue weighted by Crippen LogP contribution is -2.26. The SMILES string of the molecule is COc1ccc(C(=O)NC(C)c2ccsc2)cc1O. The predicted molar refractivity (Wildman–Crippen MR) is 74.9 cm³/mol. The van der Waals surface area contributed by atoms with Gasteiger partial charge >= 0.3 is 0 Å². The van der Waals surface area contributed by atoms with Crippen LogP contribution in [0, 0.1) is 0 Å². The molecule has 19 heavy (non-hydrogen) atoms. The number of carbonyl (C=O) groups excluding carboxylic acids is 1. The van der Waals surface area contributed by atoms with Crippen molar-refractivity contribution in [3.63, 3.8) is 0 Å². The van der Waals surface area contributed by atoms with Gasteiger partial charge in [0.25, 0.3) is 5.91 Å². The Hall–Kier alpha value is -2.01. The fourth-order valence-electron chi connectivity index (χ4n) is 1.72. The predicted octanol–water partition coefficient (Wildman–Crippen LogP) is 2.95. The van der Waals surface area contributed by atoms with Gasteiger partial charge in [0.2, 0.25) is 0 Å². The number of benzene rings is 1. The van der Waals surface area contributed by atoms with Crippen molar-refractivity contribution < 1.29 is 14.6 Å². The van der Waals surface area contributed by atoms with E-state index < -0.39 is 0 Å². The van der Waals surface area contributed by atoms with Crippen LogP contribution in [0.1, 0.15) is 28.9 Å². The van der Waals surface area contributed by atoms with Crippen LogP contribution in [-0.2, 0) is 0 Å². The lowest BCUT2D eigenvalue weighted by molar-refractivity contribution is 0.0939. The van der Waals surface area contributed by atoms with E-state index in [1.807, 2.05) is 23.8 Å². The van der Waals surface area contributed by atoms with Gasteiger partial charge in [0.1, 0.15) is 0 Å². The van der Waals surface area contributed by atoms with Crippen LogP contribution >= 0.6 is 11.3 Å². The molecule has 0 bridgehead atoms. The molecule has 2 aromatic rings. The van der Waals surface area contributed by atoms with Gasteiger partial charge in [-0.2, -0.15) is 11.3 Å². The zero-order valence-electron chi connectivity index (χ0n) is 10.7. The molecule has 2 rings (SSSR count). The minimum Gasteiger partial charge on any atom is -0.504 e. The number of nitrogens with one attached hydrogen (secondary N) is 1. The first-order valence-electron chi connectivity index (χ1n) is 5.81. The van der Waals surface area contributed by atoms with Crippen LogP contribution in [0.5, 0.6) is 11.5 Å². The fourth-order valence-corrected chi connectivity index (χ4v) is 2.47. The molecule has 0 aliphatic heterocycles. The molecule has 1 aromatic heterocycles. The topological polar surface area (TPSA) is 58.6 Å². The third-order valence-electron chi connectivity index (χ3n) is 2.83. The average Bonchev–Trinajstić information content (AvgIpc) is 2.92. The number of ether oxygens (including phenoxy) is 1. The Kier molecular flexibility index (Phi) is 4.06. The lowest BCUT2D eigenvalue weighted by atomic mass is 10.1. The molecule has 0 aliphatic carbocycles. The van der Waals surface area contributed by atoms with Gasteiger partial charge in [-0.25, -0.2) is 0 Å². The molecule has 1 heterocycles. The Morgan fingerprint density at radius 2 is 2.21 bits per heavy atom. The van der Waals surface area contributed by atoms with E-state index in [1.165, 1.54) is 13.2 Å². The van der Waals surface area contributed by atoms with Gasteiger partial charge in [-0.3, -0.25) is 4.79 Å². The molecular weight excluding hydrogens is 262 g/mol. The van der Waals surface area contributed by atoms with Gasteiger partial charge < -0.3 is 15.2 Å². The summed E-state index contributed by atoms with van der Waals surface area (Å²) in [6.07, 6.45) is 0. The zero-order chi connectivity index (χ0) is 13.8. The van der Waals surface area contributed by atoms with E-state index >= 15 is 0 Å². The highest BCUT2D eigenvalue weighted by molar-refractivity contribution is 7.07. The lowest BCUT2D eigenvalue weighted by Gasteiger charge is -2.13. The number of thiophene rings is 1. The van der Waals surface area contributed by atoms with Gasteiger partial charge in [-0.1, -0.05) is 0 Å². The summed E-state index contributed by atoms with van der Waals surface area (Å²) < 4.78 is 4.94. The third kappa shape index (κ3) is 3.06. The highest BCUT2D eigenvalue weighted by Gasteiger charge is 2.13. The number of carbonyl (C=O) groups is 1. The highest BCUT2D eigenvalue weighted by atomic mass is 32.1. The van der Waals surface area contributed by atoms with Crippen molar-refractivity contribution in [2.24, 2.45) is 0 Å². The number of rotatable bonds is 4. The Bertz CT molecular complexity index is 566. The van der Waals surface area contributed by atoms with E-state index in [-0.39, 0.29) is 17.7 Å². The molecule has 0 radical (unpaired) electrons. The van der Waals surface area contributed by atoms with Crippen LogP contribution in [0.25, 0.3) is 0 Å². The number of phenolic OH excluding ortho intramolecular Hbond substituents is 1. The summed E-state index contributed by atoms with van der Waals surface area (Å²) in [5.74, 6) is 0.0809. The van der Waals surface area contributed by atoms with Crippen LogP contribution in [-0.4, -0.2) is 18.1 Å². The second kappa shape index (κ2) is 5.75. The molecule has 0 fully saturated rings. The van der Waals surface area contributed by atoms with Gasteiger partial charge in [-0.05, 0) is 47.5 Å². The minimum absolute atomic E-state index is 0.0432. The third-order valence-corrected chi connectivity index (χ3v) is 3.53. The summed E-state index contributed by atoms with van der Waals surface area (Å²) in [5.41, 5.74) is 1.47. The van der Waals surface area contributed by atoms with Crippen molar-refractivity contribution in [2.45, 2.75) is 13.0 Å². The molecule has 0 spiro atoms. The first-order chi connectivity index (χ1) is 9.11. The van der Waals surface area contributed by atoms with Gasteiger partial charge in [0.15, 0.2) is 11.5 Å². The fraction of sp³-hybridized carbons (Fsp3) is 0.214. The molecule has 0 aliphatic rings. The monoisotopic (exact) mass is 277 g/mol. The zero-order valence-corrected chi connectivity index (χ0v) is 11.5. The standard InChI is InChI=1S/C14H15NO3S/c1-9(11-5-6-19-8-11)15-14(17)10-3-4-13(18-2)12(16)7-10/h3-9,16H,1-2H3,(H,15,17). The van der Waals surface area contributed by atoms with E-state index in [9.17, 15) is 9.90 Å². The number of aromatic hydroxyl groups is 1. The maximum atomic E-state index is 12.0. The van der Waals surface area contributed by atoms with Crippen molar-refractivity contribution in [3.05, 3.63) is 46.2 Å². The second-order valence-corrected chi connectivity index (χ2v) is 4.92. The van der Waals surface area contributed by atoms with E-state index in [2.05, 4.69) is 5.32 Å². The molecule has 0 saturated heterocycles. The van der Waals surface area contributed by atoms with Crippen LogP contribution < -0.4 is 10.1 Å². The van der Waals surface area contributed by atoms with Crippen LogP contribution in [0.2, 0.25) is 0 Å². The Morgan fingerprint density at radius 3 is 2.79 bits per heavy atom. The average molecular weight is 277 g/mol. The number of amides is 1. The summed E-state index contributed by atoms with van der Waals surface area (Å²) >= 11 is 1.59. The van der Waals surface area contributed by atoms with Crippen molar-refractivity contribution in [1.82, 2.24) is 5.32 Å². The highest BCUT2D eigenvalue weighted by Crippen LogP contribution is 2.26. The molecule has 0 saturated carbocycles. The second-order valence-electron chi connectivity index (χ2n) is 4.14. The molecule has 1 unspecified atom stereocenters. The Balaban J connectivity index is 2.10. The molecule has 1 atom stereocenters. The first kappa shape index (κ1) is 13.4. The maximum absolute atomic E-state index is 12.0. The molecule has 1 aromatic carbocycles. The number of hydrogen-bond acceptors (Lipinski definition) is 4. The maximum Gasteiger partial charge on any atom is 0.251 e. The molecule has 5 heteroatoms. The smallest absolute Gasteiger partial charge is 0.251 e. The quantitative estimate of drug-likeness (QED) is 0.903. The summed E-state index contributed by atoms with van der Waals surface area (Å²) in [6.45, 7) is 1.92. The van der Waals surface area contributed by atoms with E-state index in [1.54, 1.807) is 23.5 Å². The van der Waals surface area contributed by atoms with E-state index in [0.717, 1.165) is 5.56 Å². The first-order valence-corrected chi connectivity index (χ1v) is 6.76. The molecule has 2 N–H and O–H groups in total. The normalized spacial score (nSPS) is 11.9. The van der Waals surface area contributed by atoms with E-state index in [0.29, 0.717) is 11.3 Å². The number of phenols is 1. The van der Waals surface area contributed by atoms with Crippen molar-refractivity contribution >= 4 is 17.2 Å². The van der Waals surface area contributed by atoms with Gasteiger partial charge in [0, 0.05) is 5.56 Å². The summed E-state index contributed by atoms with van der Waals surface area (Å²) in [5, 5.41) is 16.5. The van der Waals surface area contributed by atoms with Crippen LogP contribution in [0.15, 0.2) is 35.0 Å².